The van der Waals surface area contributed by atoms with Crippen molar-refractivity contribution in [1.82, 2.24) is 14.9 Å². The Labute approximate surface area is 141 Å². The van der Waals surface area contributed by atoms with Gasteiger partial charge in [0.1, 0.15) is 12.0 Å². The number of nitrogen functional groups attached to an aromatic ring is 1. The average molecular weight is 326 g/mol. The Balaban J connectivity index is 1.79. The van der Waals surface area contributed by atoms with E-state index >= 15 is 0 Å². The van der Waals surface area contributed by atoms with E-state index in [-0.39, 0.29) is 5.78 Å². The van der Waals surface area contributed by atoms with Crippen LogP contribution in [0.4, 0.5) is 23.0 Å². The number of hydrogen-bond acceptors (Lipinski definition) is 7. The smallest absolute Gasteiger partial charge is 0.159 e. The van der Waals surface area contributed by atoms with Gasteiger partial charge in [-0.1, -0.05) is 0 Å². The van der Waals surface area contributed by atoms with Gasteiger partial charge in [-0.3, -0.25) is 4.79 Å². The van der Waals surface area contributed by atoms with Gasteiger partial charge in [-0.25, -0.2) is 9.97 Å². The van der Waals surface area contributed by atoms with Gasteiger partial charge in [-0.15, -0.1) is 0 Å². The molecule has 1 aliphatic heterocycles. The highest BCUT2D eigenvalue weighted by Crippen LogP contribution is 2.29. The Morgan fingerprint density at radius 3 is 2.42 bits per heavy atom. The number of rotatable bonds is 4. The van der Waals surface area contributed by atoms with Crippen molar-refractivity contribution in [3.63, 3.8) is 0 Å². The van der Waals surface area contributed by atoms with Crippen LogP contribution in [0.1, 0.15) is 17.3 Å². The lowest BCUT2D eigenvalue weighted by atomic mass is 10.1. The number of ketones is 1. The van der Waals surface area contributed by atoms with Crippen molar-refractivity contribution in [2.24, 2.45) is 0 Å². The van der Waals surface area contributed by atoms with Gasteiger partial charge in [0.05, 0.1) is 0 Å². The number of hydrogen-bond donors (Lipinski definition) is 2. The molecule has 2 heterocycles. The molecule has 24 heavy (non-hydrogen) atoms. The molecule has 0 unspecified atom stereocenters. The maximum Gasteiger partial charge on any atom is 0.159 e. The number of nitrogens with two attached hydrogens (primary N) is 1. The molecule has 0 saturated carbocycles. The van der Waals surface area contributed by atoms with Crippen LogP contribution in [0.5, 0.6) is 0 Å². The zero-order valence-corrected chi connectivity index (χ0v) is 14.0. The third-order valence-corrected chi connectivity index (χ3v) is 4.22. The van der Waals surface area contributed by atoms with E-state index in [1.807, 2.05) is 12.1 Å². The van der Waals surface area contributed by atoms with Gasteiger partial charge < -0.3 is 20.9 Å². The van der Waals surface area contributed by atoms with Crippen LogP contribution in [0.15, 0.2) is 30.6 Å². The normalized spacial score (nSPS) is 15.3. The molecule has 126 valence electrons. The number of Topliss-reactive ketones (excluding diaryl/α,β-unsaturated/α-hetero) is 1. The Kier molecular flexibility index (Phi) is 4.61. The van der Waals surface area contributed by atoms with E-state index in [4.69, 9.17) is 5.73 Å². The molecule has 0 amide bonds. The number of carbonyl (C=O) groups is 1. The van der Waals surface area contributed by atoms with Gasteiger partial charge in [-0.2, -0.15) is 0 Å². The van der Waals surface area contributed by atoms with Crippen molar-refractivity contribution in [3.8, 4) is 0 Å². The summed E-state index contributed by atoms with van der Waals surface area (Å²) in [5.74, 6) is 1.39. The molecule has 1 aromatic carbocycles. The zero-order chi connectivity index (χ0) is 17.1. The minimum atomic E-state index is 0.0421. The van der Waals surface area contributed by atoms with E-state index in [2.05, 4.69) is 32.1 Å². The molecular formula is C17H22N6O. The van der Waals surface area contributed by atoms with E-state index in [0.29, 0.717) is 17.1 Å². The minimum absolute atomic E-state index is 0.0421. The lowest BCUT2D eigenvalue weighted by molar-refractivity contribution is 0.101. The summed E-state index contributed by atoms with van der Waals surface area (Å²) in [7, 11) is 2.11. The van der Waals surface area contributed by atoms with Crippen molar-refractivity contribution in [2.45, 2.75) is 6.92 Å². The molecule has 0 spiro atoms. The first-order chi connectivity index (χ1) is 11.5. The van der Waals surface area contributed by atoms with Crippen molar-refractivity contribution < 1.29 is 4.79 Å². The summed E-state index contributed by atoms with van der Waals surface area (Å²) in [6.45, 7) is 5.31. The maximum atomic E-state index is 11.3. The number of benzene rings is 1. The second-order valence-corrected chi connectivity index (χ2v) is 6.01. The molecule has 2 aromatic rings. The molecule has 0 bridgehead atoms. The molecule has 1 saturated heterocycles. The first-order valence-corrected chi connectivity index (χ1v) is 7.96. The van der Waals surface area contributed by atoms with Crippen LogP contribution >= 0.6 is 0 Å². The predicted octanol–water partition coefficient (Wildman–Crippen LogP) is 1.76. The first kappa shape index (κ1) is 16.2. The highest BCUT2D eigenvalue weighted by Gasteiger charge is 2.19. The summed E-state index contributed by atoms with van der Waals surface area (Å²) in [5.41, 5.74) is 8.32. The molecule has 1 aliphatic rings. The predicted molar refractivity (Wildman–Crippen MR) is 95.9 cm³/mol. The quantitative estimate of drug-likeness (QED) is 0.828. The van der Waals surface area contributed by atoms with E-state index in [9.17, 15) is 4.79 Å². The van der Waals surface area contributed by atoms with Crippen molar-refractivity contribution in [2.75, 3.05) is 49.2 Å². The van der Waals surface area contributed by atoms with Gasteiger partial charge in [0.15, 0.2) is 17.4 Å². The molecule has 1 aromatic heterocycles. The summed E-state index contributed by atoms with van der Waals surface area (Å²) >= 11 is 0. The maximum absolute atomic E-state index is 11.3. The molecule has 0 aliphatic carbocycles. The van der Waals surface area contributed by atoms with Crippen LogP contribution in [0.2, 0.25) is 0 Å². The number of nitrogens with zero attached hydrogens (tertiary/aromatic N) is 4. The summed E-state index contributed by atoms with van der Waals surface area (Å²) in [4.78, 5) is 24.4. The number of nitrogens with one attached hydrogen (secondary N) is 1. The molecule has 0 atom stereocenters. The third-order valence-electron chi connectivity index (χ3n) is 4.22. The van der Waals surface area contributed by atoms with Gasteiger partial charge in [0.25, 0.3) is 0 Å². The topological polar surface area (TPSA) is 87.4 Å². The molecule has 7 nitrogen and oxygen atoms in total. The summed E-state index contributed by atoms with van der Waals surface area (Å²) in [6.07, 6.45) is 1.52. The fourth-order valence-electron chi connectivity index (χ4n) is 2.68. The van der Waals surface area contributed by atoms with E-state index in [0.717, 1.165) is 37.7 Å². The third kappa shape index (κ3) is 3.46. The molecule has 7 heteroatoms. The van der Waals surface area contributed by atoms with Crippen LogP contribution in [-0.4, -0.2) is 53.9 Å². The van der Waals surface area contributed by atoms with E-state index in [1.54, 1.807) is 19.1 Å². The van der Waals surface area contributed by atoms with E-state index < -0.39 is 0 Å². The monoisotopic (exact) mass is 326 g/mol. The summed E-state index contributed by atoms with van der Waals surface area (Å²) in [6, 6.07) is 7.24. The second kappa shape index (κ2) is 6.84. The van der Waals surface area contributed by atoms with Crippen LogP contribution in [-0.2, 0) is 0 Å². The fourth-order valence-corrected chi connectivity index (χ4v) is 2.68. The number of piperazine rings is 1. The molecular weight excluding hydrogens is 304 g/mol. The second-order valence-electron chi connectivity index (χ2n) is 6.01. The number of aromatic nitrogens is 2. The van der Waals surface area contributed by atoms with Crippen LogP contribution in [0.3, 0.4) is 0 Å². The van der Waals surface area contributed by atoms with Gasteiger partial charge in [-0.05, 0) is 38.2 Å². The Bertz CT molecular complexity index is 722. The van der Waals surface area contributed by atoms with Gasteiger partial charge in [0.2, 0.25) is 0 Å². The lowest BCUT2D eigenvalue weighted by Gasteiger charge is -2.33. The van der Waals surface area contributed by atoms with E-state index in [1.165, 1.54) is 6.33 Å². The van der Waals surface area contributed by atoms with Crippen molar-refractivity contribution in [3.05, 3.63) is 36.2 Å². The number of anilines is 4. The van der Waals surface area contributed by atoms with Crippen LogP contribution < -0.4 is 16.0 Å². The Morgan fingerprint density at radius 1 is 1.12 bits per heavy atom. The SMILES string of the molecule is CC(=O)c1ccc(Nc2ncnc(N3CCN(C)CC3)c2N)cc1. The van der Waals surface area contributed by atoms with Gasteiger partial charge >= 0.3 is 0 Å². The first-order valence-electron chi connectivity index (χ1n) is 7.96. The minimum Gasteiger partial charge on any atom is -0.393 e. The van der Waals surface area contributed by atoms with Crippen LogP contribution in [0.25, 0.3) is 0 Å². The summed E-state index contributed by atoms with van der Waals surface area (Å²) in [5, 5.41) is 3.20. The molecule has 0 radical (unpaired) electrons. The molecule has 3 N–H and O–H groups in total. The summed E-state index contributed by atoms with van der Waals surface area (Å²) < 4.78 is 0. The Morgan fingerprint density at radius 2 is 1.79 bits per heavy atom. The van der Waals surface area contributed by atoms with Crippen molar-refractivity contribution in [1.29, 1.82) is 0 Å². The van der Waals surface area contributed by atoms with Crippen LogP contribution in [0, 0.1) is 0 Å². The highest BCUT2D eigenvalue weighted by atomic mass is 16.1. The number of likely N-dealkylation sites (N-methyl/N-ethyl adjacent to an activating group) is 1. The Hall–Kier alpha value is -2.67. The van der Waals surface area contributed by atoms with Gasteiger partial charge in [0, 0.05) is 37.4 Å². The fraction of sp³-hybridized carbons (Fsp3) is 0.353. The lowest BCUT2D eigenvalue weighted by Crippen LogP contribution is -2.45. The van der Waals surface area contributed by atoms with Crippen molar-refractivity contribution >= 4 is 28.8 Å². The zero-order valence-electron chi connectivity index (χ0n) is 14.0. The standard InChI is InChI=1S/C17H22N6O/c1-12(24)13-3-5-14(6-4-13)21-16-15(18)17(20-11-19-16)23-9-7-22(2)8-10-23/h3-6,11H,7-10,18H2,1-2H3,(H,19,20,21). The number of carbonyl (C=O) groups excluding carboxylic acids is 1. The molecule has 3 rings (SSSR count). The largest absolute Gasteiger partial charge is 0.393 e. The average Bonchev–Trinajstić information content (AvgIpc) is 2.58. The molecule has 1 fully saturated rings. The highest BCUT2D eigenvalue weighted by molar-refractivity contribution is 5.94.